The van der Waals surface area contributed by atoms with Crippen molar-refractivity contribution in [2.45, 2.75) is 12.5 Å². The van der Waals surface area contributed by atoms with Crippen LogP contribution < -0.4 is 14.2 Å². The van der Waals surface area contributed by atoms with Gasteiger partial charge >= 0.3 is 5.97 Å². The smallest absolute Gasteiger partial charge is 0.350 e. The van der Waals surface area contributed by atoms with Crippen LogP contribution in [-0.4, -0.2) is 34.6 Å². The van der Waals surface area contributed by atoms with Crippen molar-refractivity contribution in [3.8, 4) is 23.0 Å². The second-order valence-electron chi connectivity index (χ2n) is 10.8. The van der Waals surface area contributed by atoms with E-state index in [1.165, 1.54) is 41.6 Å². The molecule has 7 rings (SSSR count). The number of esters is 1. The van der Waals surface area contributed by atoms with Gasteiger partial charge < -0.3 is 14.2 Å². The fraction of sp³-hybridized carbons (Fsp3) is 0.0833. The number of para-hydroxylation sites is 1. The number of hydrogen-bond donors (Lipinski definition) is 0. The van der Waals surface area contributed by atoms with Gasteiger partial charge in [0.1, 0.15) is 34.1 Å². The van der Waals surface area contributed by atoms with Crippen molar-refractivity contribution < 1.29 is 28.7 Å². The van der Waals surface area contributed by atoms with Crippen LogP contribution in [0.1, 0.15) is 49.9 Å². The first-order chi connectivity index (χ1) is 23.2. The predicted molar refractivity (Wildman–Crippen MR) is 179 cm³/mol. The predicted octanol–water partition coefficient (Wildman–Crippen LogP) is 8.41. The molecule has 0 N–H and O–H groups in total. The molecule has 0 aliphatic carbocycles. The SMILES string of the molecule is CCOc1ccc2c(c1)Oc1cc(OC(=O)c3ccccc3[N+](=O)[O-])ccc1C21c2ccccc2C(=O)N1/N=C/c1ccc(Cl)cc1Cl. The zero-order valence-electron chi connectivity index (χ0n) is 25.1. The Morgan fingerprint density at radius 2 is 1.60 bits per heavy atom. The van der Waals surface area contributed by atoms with Crippen LogP contribution in [0.25, 0.3) is 0 Å². The molecule has 0 bridgehead atoms. The summed E-state index contributed by atoms with van der Waals surface area (Å²) in [5.41, 5.74) is 0.826. The van der Waals surface area contributed by atoms with Crippen LogP contribution >= 0.6 is 23.2 Å². The number of benzene rings is 5. The number of nitro groups is 1. The number of fused-ring (bicyclic) bond motifs is 6. The van der Waals surface area contributed by atoms with Crippen LogP contribution in [0.15, 0.2) is 108 Å². The number of nitrogens with zero attached hydrogens (tertiary/aromatic N) is 3. The molecule has 1 amide bonds. The molecule has 0 fully saturated rings. The summed E-state index contributed by atoms with van der Waals surface area (Å²) >= 11 is 12.6. The molecule has 0 saturated heterocycles. The lowest BCUT2D eigenvalue weighted by molar-refractivity contribution is -0.385. The Morgan fingerprint density at radius 1 is 0.917 bits per heavy atom. The maximum Gasteiger partial charge on any atom is 0.350 e. The second kappa shape index (κ2) is 12.1. The minimum Gasteiger partial charge on any atom is -0.494 e. The van der Waals surface area contributed by atoms with Crippen molar-refractivity contribution in [3.63, 3.8) is 0 Å². The lowest BCUT2D eigenvalue weighted by atomic mass is 9.75. The van der Waals surface area contributed by atoms with Crippen LogP contribution in [0.4, 0.5) is 5.69 Å². The lowest BCUT2D eigenvalue weighted by Crippen LogP contribution is -2.44. The van der Waals surface area contributed by atoms with Gasteiger partial charge in [-0.25, -0.2) is 9.80 Å². The van der Waals surface area contributed by atoms with Gasteiger partial charge in [-0.05, 0) is 55.5 Å². The van der Waals surface area contributed by atoms with E-state index in [0.29, 0.717) is 56.0 Å². The molecule has 0 radical (unpaired) electrons. The molecule has 1 spiro atoms. The number of amides is 1. The molecule has 238 valence electrons. The fourth-order valence-electron chi connectivity index (χ4n) is 6.07. The van der Waals surface area contributed by atoms with E-state index in [1.807, 2.05) is 25.1 Å². The average Bonchev–Trinajstić information content (AvgIpc) is 3.32. The summed E-state index contributed by atoms with van der Waals surface area (Å²) in [7, 11) is 0. The highest BCUT2D eigenvalue weighted by Gasteiger charge is 2.57. The van der Waals surface area contributed by atoms with Gasteiger partial charge in [0, 0.05) is 51.0 Å². The molecule has 2 aliphatic heterocycles. The summed E-state index contributed by atoms with van der Waals surface area (Å²) in [5.74, 6) is -0.0413. The van der Waals surface area contributed by atoms with Gasteiger partial charge in [-0.15, -0.1) is 0 Å². The third-order valence-electron chi connectivity index (χ3n) is 8.08. The van der Waals surface area contributed by atoms with Crippen molar-refractivity contribution in [2.24, 2.45) is 5.10 Å². The Labute approximate surface area is 283 Å². The molecule has 12 heteroatoms. The highest BCUT2D eigenvalue weighted by atomic mass is 35.5. The minimum atomic E-state index is -1.34. The minimum absolute atomic E-state index is 0.0667. The number of hydrazone groups is 1. The third-order valence-corrected chi connectivity index (χ3v) is 8.64. The summed E-state index contributed by atoms with van der Waals surface area (Å²) in [6.45, 7) is 2.27. The van der Waals surface area contributed by atoms with Crippen LogP contribution in [0.2, 0.25) is 10.0 Å². The summed E-state index contributed by atoms with van der Waals surface area (Å²) in [6.07, 6.45) is 1.50. The molecule has 5 aromatic carbocycles. The Hall–Kier alpha value is -5.71. The van der Waals surface area contributed by atoms with E-state index in [0.717, 1.165) is 0 Å². The molecule has 5 aromatic rings. The van der Waals surface area contributed by atoms with Crippen LogP contribution in [0.3, 0.4) is 0 Å². The Kier molecular flexibility index (Phi) is 7.82. The first kappa shape index (κ1) is 30.9. The molecule has 1 atom stereocenters. The first-order valence-electron chi connectivity index (χ1n) is 14.7. The number of carbonyl (C=O) groups is 2. The second-order valence-corrected chi connectivity index (χ2v) is 11.6. The number of halogens is 2. The maximum atomic E-state index is 14.2. The van der Waals surface area contributed by atoms with Crippen molar-refractivity contribution in [2.75, 3.05) is 6.61 Å². The lowest BCUT2D eigenvalue weighted by Gasteiger charge is -2.41. The average molecular weight is 681 g/mol. The van der Waals surface area contributed by atoms with Gasteiger partial charge in [0.15, 0.2) is 0 Å². The van der Waals surface area contributed by atoms with Crippen molar-refractivity contribution in [1.82, 2.24) is 5.01 Å². The molecule has 0 aromatic heterocycles. The normalized spacial score (nSPS) is 15.9. The zero-order valence-corrected chi connectivity index (χ0v) is 26.6. The van der Waals surface area contributed by atoms with E-state index in [4.69, 9.17) is 42.5 Å². The van der Waals surface area contributed by atoms with Gasteiger partial charge in [0.2, 0.25) is 0 Å². The van der Waals surface area contributed by atoms with E-state index in [2.05, 4.69) is 0 Å². The first-order valence-corrected chi connectivity index (χ1v) is 15.5. The molecule has 2 heterocycles. The van der Waals surface area contributed by atoms with Gasteiger partial charge in [0.05, 0.1) is 22.8 Å². The van der Waals surface area contributed by atoms with Crippen LogP contribution in [0, 0.1) is 10.1 Å². The van der Waals surface area contributed by atoms with E-state index in [1.54, 1.807) is 54.6 Å². The summed E-state index contributed by atoms with van der Waals surface area (Å²) in [5, 5.41) is 18.5. The van der Waals surface area contributed by atoms with E-state index < -0.39 is 16.4 Å². The van der Waals surface area contributed by atoms with Gasteiger partial charge in [-0.1, -0.05) is 59.6 Å². The number of carbonyl (C=O) groups excluding carboxylic acids is 2. The molecule has 1 unspecified atom stereocenters. The van der Waals surface area contributed by atoms with Gasteiger partial charge in [-0.2, -0.15) is 5.10 Å². The fourth-order valence-corrected chi connectivity index (χ4v) is 6.53. The molecule has 2 aliphatic rings. The summed E-state index contributed by atoms with van der Waals surface area (Å²) in [4.78, 5) is 38.3. The van der Waals surface area contributed by atoms with Crippen LogP contribution in [0.5, 0.6) is 23.0 Å². The standard InChI is InChI=1S/C36H23Cl2N3O7/c1-2-46-23-13-15-28-32(18-23)48-33-19-24(47-35(43)26-8-4-6-10-31(26)41(44)45)14-16-29(33)36(28)27-9-5-3-7-25(27)34(42)40(36)39-20-21-11-12-22(37)17-30(21)38/h3-20H,2H2,1H3/b39-20+. The number of nitro benzene ring substituents is 1. The van der Waals surface area contributed by atoms with E-state index in [9.17, 15) is 19.7 Å². The Bertz CT molecular complexity index is 2190. The van der Waals surface area contributed by atoms with E-state index >= 15 is 0 Å². The molecule has 0 saturated carbocycles. The quantitative estimate of drug-likeness (QED) is 0.0557. The van der Waals surface area contributed by atoms with Gasteiger partial charge in [-0.3, -0.25) is 14.9 Å². The highest BCUT2D eigenvalue weighted by molar-refractivity contribution is 6.36. The topological polar surface area (TPSA) is 121 Å². The molecule has 48 heavy (non-hydrogen) atoms. The summed E-state index contributed by atoms with van der Waals surface area (Å²) < 4.78 is 17.8. The summed E-state index contributed by atoms with van der Waals surface area (Å²) in [6, 6.07) is 27.8. The Balaban J connectivity index is 1.41. The van der Waals surface area contributed by atoms with Crippen molar-refractivity contribution >= 4 is 47.0 Å². The third kappa shape index (κ3) is 5.02. The molecular weight excluding hydrogens is 657 g/mol. The monoisotopic (exact) mass is 679 g/mol. The Morgan fingerprint density at radius 3 is 2.33 bits per heavy atom. The molecule has 10 nitrogen and oxygen atoms in total. The molecular formula is C36H23Cl2N3O7. The number of ether oxygens (including phenoxy) is 3. The highest BCUT2D eigenvalue weighted by Crippen LogP contribution is 2.58. The van der Waals surface area contributed by atoms with Gasteiger partial charge in [0.25, 0.3) is 11.6 Å². The maximum absolute atomic E-state index is 14.2. The number of hydrogen-bond acceptors (Lipinski definition) is 8. The number of rotatable bonds is 7. The zero-order chi connectivity index (χ0) is 33.6. The van der Waals surface area contributed by atoms with Crippen molar-refractivity contribution in [3.05, 3.63) is 157 Å². The van der Waals surface area contributed by atoms with Crippen molar-refractivity contribution in [1.29, 1.82) is 0 Å². The van der Waals surface area contributed by atoms with E-state index in [-0.39, 0.29) is 28.7 Å². The largest absolute Gasteiger partial charge is 0.494 e. The van der Waals surface area contributed by atoms with Crippen LogP contribution in [-0.2, 0) is 5.54 Å².